The van der Waals surface area contributed by atoms with Crippen LogP contribution in [0.25, 0.3) is 0 Å². The first-order valence-electron chi connectivity index (χ1n) is 11.2. The average Bonchev–Trinajstić information content (AvgIpc) is 3.04. The molecule has 1 amide bonds. The van der Waals surface area contributed by atoms with E-state index in [-0.39, 0.29) is 12.5 Å². The SMILES string of the molecule is CS(=O)(=O)N(Cc1ccccc1Cl)c1ccc(C(=O)NCCCN2CCCCCC2)cc1. The van der Waals surface area contributed by atoms with Crippen molar-refractivity contribution in [2.75, 3.05) is 36.7 Å². The maximum Gasteiger partial charge on any atom is 0.251 e. The van der Waals surface area contributed by atoms with E-state index in [0.717, 1.165) is 32.3 Å². The van der Waals surface area contributed by atoms with Gasteiger partial charge in [0.1, 0.15) is 0 Å². The molecular weight excluding hydrogens is 446 g/mol. The largest absolute Gasteiger partial charge is 0.352 e. The topological polar surface area (TPSA) is 69.7 Å². The smallest absolute Gasteiger partial charge is 0.251 e. The molecule has 0 saturated carbocycles. The van der Waals surface area contributed by atoms with Gasteiger partial charge in [0.25, 0.3) is 5.91 Å². The molecule has 174 valence electrons. The zero-order chi connectivity index (χ0) is 23.0. The van der Waals surface area contributed by atoms with Crippen LogP contribution in [0.5, 0.6) is 0 Å². The standard InChI is InChI=1S/C24H32ClN3O3S/c1-32(30,31)28(19-21-9-4-5-10-23(21)25)22-13-11-20(12-14-22)24(29)26-15-8-18-27-16-6-2-3-7-17-27/h4-5,9-14H,2-3,6-8,15-19H2,1H3,(H,26,29). The predicted molar refractivity (Wildman–Crippen MR) is 131 cm³/mol. The molecule has 0 aliphatic carbocycles. The molecule has 0 spiro atoms. The number of halogens is 1. The summed E-state index contributed by atoms with van der Waals surface area (Å²) < 4.78 is 26.1. The Morgan fingerprint density at radius 2 is 1.69 bits per heavy atom. The summed E-state index contributed by atoms with van der Waals surface area (Å²) in [7, 11) is -3.53. The number of nitrogens with zero attached hydrogens (tertiary/aromatic N) is 2. The van der Waals surface area contributed by atoms with Crippen molar-refractivity contribution in [3.05, 3.63) is 64.7 Å². The molecule has 0 unspecified atom stereocenters. The molecule has 1 N–H and O–H groups in total. The van der Waals surface area contributed by atoms with Crippen LogP contribution in [0, 0.1) is 0 Å². The molecule has 0 aromatic heterocycles. The van der Waals surface area contributed by atoms with Crippen LogP contribution in [-0.2, 0) is 16.6 Å². The zero-order valence-electron chi connectivity index (χ0n) is 18.6. The van der Waals surface area contributed by atoms with Crippen molar-refractivity contribution in [3.8, 4) is 0 Å². The Bertz CT molecular complexity index is 988. The second-order valence-corrected chi connectivity index (χ2v) is 10.6. The molecule has 3 rings (SSSR count). The molecule has 32 heavy (non-hydrogen) atoms. The van der Waals surface area contributed by atoms with Crippen molar-refractivity contribution in [3.63, 3.8) is 0 Å². The van der Waals surface area contributed by atoms with E-state index in [1.54, 1.807) is 42.5 Å². The van der Waals surface area contributed by atoms with Gasteiger partial charge in [0.2, 0.25) is 10.0 Å². The van der Waals surface area contributed by atoms with Crippen LogP contribution in [0.1, 0.15) is 48.0 Å². The van der Waals surface area contributed by atoms with Gasteiger partial charge in [-0.15, -0.1) is 0 Å². The highest BCUT2D eigenvalue weighted by Gasteiger charge is 2.19. The lowest BCUT2D eigenvalue weighted by molar-refractivity contribution is 0.0951. The van der Waals surface area contributed by atoms with E-state index in [4.69, 9.17) is 11.6 Å². The minimum atomic E-state index is -3.53. The first-order valence-corrected chi connectivity index (χ1v) is 13.4. The third-order valence-electron chi connectivity index (χ3n) is 5.72. The maximum atomic E-state index is 12.5. The lowest BCUT2D eigenvalue weighted by Gasteiger charge is -2.23. The number of carbonyl (C=O) groups excluding carboxylic acids is 1. The van der Waals surface area contributed by atoms with Crippen molar-refractivity contribution in [2.45, 2.75) is 38.6 Å². The van der Waals surface area contributed by atoms with Gasteiger partial charge in [0.15, 0.2) is 0 Å². The fraction of sp³-hybridized carbons (Fsp3) is 0.458. The second-order valence-electron chi connectivity index (χ2n) is 8.27. The molecular formula is C24H32ClN3O3S. The van der Waals surface area contributed by atoms with Gasteiger partial charge in [0.05, 0.1) is 18.5 Å². The van der Waals surface area contributed by atoms with Crippen LogP contribution in [0.3, 0.4) is 0 Å². The number of sulfonamides is 1. The number of likely N-dealkylation sites (tertiary alicyclic amines) is 1. The predicted octanol–water partition coefficient (Wildman–Crippen LogP) is 4.30. The third-order valence-corrected chi connectivity index (χ3v) is 7.23. The Labute approximate surface area is 196 Å². The summed E-state index contributed by atoms with van der Waals surface area (Å²) in [6.45, 7) is 4.06. The van der Waals surface area contributed by atoms with Crippen LogP contribution in [-0.4, -0.2) is 51.7 Å². The summed E-state index contributed by atoms with van der Waals surface area (Å²) in [5.41, 5.74) is 1.71. The quantitative estimate of drug-likeness (QED) is 0.546. The third kappa shape index (κ3) is 7.22. The number of hydrogen-bond acceptors (Lipinski definition) is 4. The van der Waals surface area contributed by atoms with Crippen LogP contribution in [0.4, 0.5) is 5.69 Å². The Hall–Kier alpha value is -2.09. The summed E-state index contributed by atoms with van der Waals surface area (Å²) in [5.74, 6) is -0.149. The molecule has 1 aliphatic heterocycles. The van der Waals surface area contributed by atoms with Crippen molar-refractivity contribution in [2.24, 2.45) is 0 Å². The van der Waals surface area contributed by atoms with Crippen molar-refractivity contribution in [1.82, 2.24) is 10.2 Å². The first-order chi connectivity index (χ1) is 15.3. The van der Waals surface area contributed by atoms with E-state index >= 15 is 0 Å². The van der Waals surface area contributed by atoms with Crippen LogP contribution in [0.2, 0.25) is 5.02 Å². The molecule has 2 aromatic rings. The van der Waals surface area contributed by atoms with Gasteiger partial charge in [0, 0.05) is 17.1 Å². The average molecular weight is 478 g/mol. The highest BCUT2D eigenvalue weighted by molar-refractivity contribution is 7.92. The molecule has 1 saturated heterocycles. The molecule has 0 bridgehead atoms. The van der Waals surface area contributed by atoms with Gasteiger partial charge in [-0.1, -0.05) is 42.6 Å². The number of hydrogen-bond donors (Lipinski definition) is 1. The van der Waals surface area contributed by atoms with Gasteiger partial charge in [-0.05, 0) is 74.8 Å². The van der Waals surface area contributed by atoms with E-state index in [0.29, 0.717) is 28.4 Å². The fourth-order valence-corrected chi connectivity index (χ4v) is 5.00. The van der Waals surface area contributed by atoms with Crippen LogP contribution in [0.15, 0.2) is 48.5 Å². The minimum absolute atomic E-state index is 0.126. The van der Waals surface area contributed by atoms with Crippen molar-refractivity contribution in [1.29, 1.82) is 0 Å². The second kappa shape index (κ2) is 11.7. The minimum Gasteiger partial charge on any atom is -0.352 e. The van der Waals surface area contributed by atoms with Crippen molar-refractivity contribution >= 4 is 33.2 Å². The van der Waals surface area contributed by atoms with Crippen molar-refractivity contribution < 1.29 is 13.2 Å². The zero-order valence-corrected chi connectivity index (χ0v) is 20.2. The number of nitrogens with one attached hydrogen (secondary N) is 1. The summed E-state index contributed by atoms with van der Waals surface area (Å²) in [6.07, 6.45) is 7.24. The summed E-state index contributed by atoms with van der Waals surface area (Å²) >= 11 is 6.21. The lowest BCUT2D eigenvalue weighted by Crippen LogP contribution is -2.31. The first kappa shape index (κ1) is 24.6. The molecule has 0 radical (unpaired) electrons. The van der Waals surface area contributed by atoms with Gasteiger partial charge >= 0.3 is 0 Å². The molecule has 8 heteroatoms. The van der Waals surface area contributed by atoms with Gasteiger partial charge < -0.3 is 10.2 Å². The van der Waals surface area contributed by atoms with Gasteiger partial charge in [-0.25, -0.2) is 8.42 Å². The number of amides is 1. The Kier molecular flexibility index (Phi) is 8.96. The van der Waals surface area contributed by atoms with E-state index < -0.39 is 10.0 Å². The molecule has 2 aromatic carbocycles. The molecule has 1 fully saturated rings. The molecule has 1 aliphatic rings. The summed E-state index contributed by atoms with van der Waals surface area (Å²) in [5, 5.41) is 3.48. The summed E-state index contributed by atoms with van der Waals surface area (Å²) in [4.78, 5) is 15.0. The molecule has 6 nitrogen and oxygen atoms in total. The van der Waals surface area contributed by atoms with Gasteiger partial charge in [-0.2, -0.15) is 0 Å². The lowest BCUT2D eigenvalue weighted by atomic mass is 10.1. The van der Waals surface area contributed by atoms with E-state index in [1.165, 1.54) is 30.0 Å². The summed E-state index contributed by atoms with van der Waals surface area (Å²) in [6, 6.07) is 13.8. The fourth-order valence-electron chi connectivity index (χ4n) is 3.93. The Balaban J connectivity index is 1.57. The molecule has 0 atom stereocenters. The number of benzene rings is 2. The highest BCUT2D eigenvalue weighted by Crippen LogP contribution is 2.24. The van der Waals surface area contributed by atoms with Crippen LogP contribution >= 0.6 is 11.6 Å². The normalized spacial score (nSPS) is 15.2. The molecule has 1 heterocycles. The van der Waals surface area contributed by atoms with Gasteiger partial charge in [-0.3, -0.25) is 9.10 Å². The van der Waals surface area contributed by atoms with E-state index in [9.17, 15) is 13.2 Å². The Morgan fingerprint density at radius 3 is 2.31 bits per heavy atom. The Morgan fingerprint density at radius 1 is 1.03 bits per heavy atom. The highest BCUT2D eigenvalue weighted by atomic mass is 35.5. The van der Waals surface area contributed by atoms with Crippen LogP contribution < -0.4 is 9.62 Å². The number of rotatable bonds is 9. The van der Waals surface area contributed by atoms with E-state index in [2.05, 4.69) is 10.2 Å². The monoisotopic (exact) mass is 477 g/mol. The van der Waals surface area contributed by atoms with E-state index in [1.807, 2.05) is 6.07 Å². The number of anilines is 1. The number of carbonyl (C=O) groups is 1. The maximum absolute atomic E-state index is 12.5.